The number of hydrogen-bond acceptors (Lipinski definition) is 6. The van der Waals surface area contributed by atoms with Crippen LogP contribution in [0.2, 0.25) is 0 Å². The molecule has 0 bridgehead atoms. The maximum Gasteiger partial charge on any atom is 0.242 e. The number of anilines is 2. The first-order valence-corrected chi connectivity index (χ1v) is 6.19. The molecule has 0 spiro atoms. The quantitative estimate of drug-likeness (QED) is 0.852. The first-order valence-electron chi connectivity index (χ1n) is 5.31. The normalized spacial score (nSPS) is 17.8. The summed E-state index contributed by atoms with van der Waals surface area (Å²) in [6, 6.07) is 4.42. The minimum absolute atomic E-state index is 0.252. The van der Waals surface area contributed by atoms with Crippen LogP contribution in [0.1, 0.15) is 10.9 Å². The Morgan fingerprint density at radius 3 is 3.18 bits per heavy atom. The molecule has 3 rings (SSSR count). The van der Waals surface area contributed by atoms with E-state index in [9.17, 15) is 0 Å². The highest BCUT2D eigenvalue weighted by atomic mass is 32.1. The third-order valence-corrected chi connectivity index (χ3v) is 3.67. The Bertz CT molecular complexity index is 514. The van der Waals surface area contributed by atoms with Crippen molar-refractivity contribution in [1.82, 2.24) is 9.97 Å². The fraction of sp³-hybridized carbons (Fsp3) is 0.273. The largest absolute Gasteiger partial charge is 0.479 e. The summed E-state index contributed by atoms with van der Waals surface area (Å²) in [5.41, 5.74) is 0.836. The van der Waals surface area contributed by atoms with E-state index in [0.29, 0.717) is 5.88 Å². The highest BCUT2D eigenvalue weighted by Crippen LogP contribution is 2.35. The standard InChI is InChI=1S/C11H12N4OS/c1-16-11-9-10(13-6-14-11)15-7(5-12-9)8-3-2-4-17-8/h2-4,6-7,12H,5H2,1H3,(H,13,14,15). The van der Waals surface area contributed by atoms with E-state index < -0.39 is 0 Å². The Labute approximate surface area is 103 Å². The Morgan fingerprint density at radius 2 is 2.41 bits per heavy atom. The average Bonchev–Trinajstić information content (AvgIpc) is 2.91. The van der Waals surface area contributed by atoms with Crippen LogP contribution in [-0.4, -0.2) is 23.6 Å². The molecule has 88 valence electrons. The summed E-state index contributed by atoms with van der Waals surface area (Å²) >= 11 is 1.74. The van der Waals surface area contributed by atoms with E-state index in [1.165, 1.54) is 11.2 Å². The number of fused-ring (bicyclic) bond motifs is 1. The van der Waals surface area contributed by atoms with Gasteiger partial charge in [0.2, 0.25) is 5.88 Å². The molecule has 1 atom stereocenters. The van der Waals surface area contributed by atoms with E-state index >= 15 is 0 Å². The number of hydrogen-bond donors (Lipinski definition) is 2. The van der Waals surface area contributed by atoms with Gasteiger partial charge in [0.15, 0.2) is 5.82 Å². The highest BCUT2D eigenvalue weighted by Gasteiger charge is 2.23. The average molecular weight is 248 g/mol. The van der Waals surface area contributed by atoms with Crippen LogP contribution in [0.5, 0.6) is 5.88 Å². The van der Waals surface area contributed by atoms with Gasteiger partial charge in [0, 0.05) is 11.4 Å². The van der Waals surface area contributed by atoms with E-state index in [4.69, 9.17) is 4.74 Å². The molecule has 3 heterocycles. The number of thiophene rings is 1. The maximum absolute atomic E-state index is 5.19. The van der Waals surface area contributed by atoms with Crippen molar-refractivity contribution in [3.8, 4) is 5.88 Å². The van der Waals surface area contributed by atoms with E-state index in [-0.39, 0.29) is 6.04 Å². The maximum atomic E-state index is 5.19. The molecular formula is C11H12N4OS. The number of aromatic nitrogens is 2. The zero-order valence-corrected chi connectivity index (χ0v) is 10.1. The van der Waals surface area contributed by atoms with Gasteiger partial charge in [0.1, 0.15) is 12.0 Å². The molecule has 6 heteroatoms. The van der Waals surface area contributed by atoms with Crippen LogP contribution in [0.25, 0.3) is 0 Å². The summed E-state index contributed by atoms with van der Waals surface area (Å²) in [6.45, 7) is 0.803. The van der Waals surface area contributed by atoms with Gasteiger partial charge in [0.05, 0.1) is 13.2 Å². The lowest BCUT2D eigenvalue weighted by Crippen LogP contribution is -2.26. The van der Waals surface area contributed by atoms with Crippen LogP contribution in [-0.2, 0) is 0 Å². The number of nitrogens with one attached hydrogen (secondary N) is 2. The molecule has 0 saturated heterocycles. The molecule has 1 aliphatic rings. The molecule has 0 aromatic carbocycles. The monoisotopic (exact) mass is 248 g/mol. The van der Waals surface area contributed by atoms with Crippen molar-refractivity contribution >= 4 is 22.8 Å². The van der Waals surface area contributed by atoms with Crippen LogP contribution in [0.4, 0.5) is 11.5 Å². The SMILES string of the molecule is COc1ncnc2c1NCC(c1cccs1)N2. The topological polar surface area (TPSA) is 59.1 Å². The smallest absolute Gasteiger partial charge is 0.242 e. The number of methoxy groups -OCH3 is 1. The second-order valence-electron chi connectivity index (χ2n) is 3.70. The zero-order chi connectivity index (χ0) is 11.7. The first kappa shape index (κ1) is 10.3. The van der Waals surface area contributed by atoms with E-state index in [1.807, 2.05) is 0 Å². The lowest BCUT2D eigenvalue weighted by molar-refractivity contribution is 0.398. The second-order valence-corrected chi connectivity index (χ2v) is 4.68. The third kappa shape index (κ3) is 1.80. The van der Waals surface area contributed by atoms with Crippen molar-refractivity contribution in [2.24, 2.45) is 0 Å². The van der Waals surface area contributed by atoms with Crippen LogP contribution in [0.15, 0.2) is 23.8 Å². The molecule has 0 amide bonds. The summed E-state index contributed by atoms with van der Waals surface area (Å²) < 4.78 is 5.19. The van der Waals surface area contributed by atoms with Gasteiger partial charge in [-0.25, -0.2) is 4.98 Å². The molecular weight excluding hydrogens is 236 g/mol. The Kier molecular flexibility index (Phi) is 2.56. The molecule has 2 aromatic heterocycles. The predicted octanol–water partition coefficient (Wildman–Crippen LogP) is 2.13. The number of ether oxygens (including phenoxy) is 1. The van der Waals surface area contributed by atoms with Crippen molar-refractivity contribution in [2.75, 3.05) is 24.3 Å². The van der Waals surface area contributed by atoms with Gasteiger partial charge in [-0.2, -0.15) is 4.98 Å². The molecule has 5 nitrogen and oxygen atoms in total. The van der Waals surface area contributed by atoms with Crippen LogP contribution in [0, 0.1) is 0 Å². The van der Waals surface area contributed by atoms with Crippen molar-refractivity contribution in [1.29, 1.82) is 0 Å². The van der Waals surface area contributed by atoms with Crippen molar-refractivity contribution in [3.05, 3.63) is 28.7 Å². The van der Waals surface area contributed by atoms with Gasteiger partial charge >= 0.3 is 0 Å². The van der Waals surface area contributed by atoms with E-state index in [0.717, 1.165) is 18.1 Å². The minimum Gasteiger partial charge on any atom is -0.479 e. The second kappa shape index (κ2) is 4.21. The highest BCUT2D eigenvalue weighted by molar-refractivity contribution is 7.10. The lowest BCUT2D eigenvalue weighted by Gasteiger charge is -2.27. The molecule has 0 radical (unpaired) electrons. The lowest BCUT2D eigenvalue weighted by atomic mass is 10.2. The number of nitrogens with zero attached hydrogens (tertiary/aromatic N) is 2. The van der Waals surface area contributed by atoms with Gasteiger partial charge in [-0.1, -0.05) is 6.07 Å². The summed E-state index contributed by atoms with van der Waals surface area (Å²) in [4.78, 5) is 9.59. The van der Waals surface area contributed by atoms with E-state index in [2.05, 4.69) is 38.1 Å². The fourth-order valence-corrected chi connectivity index (χ4v) is 2.65. The molecule has 0 aliphatic carbocycles. The first-order chi connectivity index (χ1) is 8.38. The van der Waals surface area contributed by atoms with Gasteiger partial charge < -0.3 is 15.4 Å². The summed E-state index contributed by atoms with van der Waals surface area (Å²) in [6.07, 6.45) is 1.50. The van der Waals surface area contributed by atoms with Gasteiger partial charge in [-0.3, -0.25) is 0 Å². The van der Waals surface area contributed by atoms with E-state index in [1.54, 1.807) is 18.4 Å². The molecule has 17 heavy (non-hydrogen) atoms. The molecule has 2 N–H and O–H groups in total. The fourth-order valence-electron chi connectivity index (χ4n) is 1.87. The van der Waals surface area contributed by atoms with Gasteiger partial charge in [0.25, 0.3) is 0 Å². The molecule has 1 unspecified atom stereocenters. The van der Waals surface area contributed by atoms with Gasteiger partial charge in [-0.05, 0) is 11.4 Å². The van der Waals surface area contributed by atoms with Crippen molar-refractivity contribution in [2.45, 2.75) is 6.04 Å². The summed E-state index contributed by atoms with van der Waals surface area (Å²) in [7, 11) is 1.61. The van der Waals surface area contributed by atoms with Crippen molar-refractivity contribution in [3.63, 3.8) is 0 Å². The molecule has 1 aliphatic heterocycles. The third-order valence-electron chi connectivity index (χ3n) is 2.69. The van der Waals surface area contributed by atoms with Crippen molar-refractivity contribution < 1.29 is 4.74 Å². The summed E-state index contributed by atoms with van der Waals surface area (Å²) in [5.74, 6) is 1.37. The van der Waals surface area contributed by atoms with Crippen LogP contribution in [0.3, 0.4) is 0 Å². The zero-order valence-electron chi connectivity index (χ0n) is 9.30. The molecule has 0 saturated carbocycles. The minimum atomic E-state index is 0.252. The summed E-state index contributed by atoms with van der Waals surface area (Å²) in [5, 5.41) is 8.78. The Hall–Kier alpha value is -1.82. The molecule has 2 aromatic rings. The number of rotatable bonds is 2. The molecule has 0 fully saturated rings. The Balaban J connectivity index is 1.91. The van der Waals surface area contributed by atoms with Crippen LogP contribution >= 0.6 is 11.3 Å². The van der Waals surface area contributed by atoms with Gasteiger partial charge in [-0.15, -0.1) is 11.3 Å². The van der Waals surface area contributed by atoms with Crippen LogP contribution < -0.4 is 15.4 Å². The predicted molar refractivity (Wildman–Crippen MR) is 67.8 cm³/mol. The Morgan fingerprint density at radius 1 is 1.47 bits per heavy atom.